The van der Waals surface area contributed by atoms with Gasteiger partial charge < -0.3 is 0 Å². The molecule has 0 spiro atoms. The van der Waals surface area contributed by atoms with Crippen molar-refractivity contribution in [3.05, 3.63) is 24.0 Å². The lowest BCUT2D eigenvalue weighted by molar-refractivity contribution is 0.558. The summed E-state index contributed by atoms with van der Waals surface area (Å²) in [6, 6.07) is 2.60. The van der Waals surface area contributed by atoms with E-state index in [1.807, 2.05) is 0 Å². The van der Waals surface area contributed by atoms with E-state index in [1.165, 1.54) is 6.92 Å². The van der Waals surface area contributed by atoms with E-state index in [0.29, 0.717) is 0 Å². The molecule has 0 atom stereocenters. The maximum atomic E-state index is 13.5. The molecule has 0 radical (unpaired) electrons. The fourth-order valence-electron chi connectivity index (χ4n) is 1.22. The van der Waals surface area contributed by atoms with Crippen LogP contribution < -0.4 is 4.72 Å². The fourth-order valence-corrected chi connectivity index (χ4v) is 2.96. The van der Waals surface area contributed by atoms with Crippen molar-refractivity contribution in [1.82, 2.24) is 4.72 Å². The zero-order valence-corrected chi connectivity index (χ0v) is 11.9. The van der Waals surface area contributed by atoms with E-state index in [-0.39, 0.29) is 11.4 Å². The molecule has 0 aromatic heterocycles. The van der Waals surface area contributed by atoms with Crippen LogP contribution in [0.15, 0.2) is 28.0 Å². The Kier molecular flexibility index (Phi) is 4.68. The third kappa shape index (κ3) is 4.02. The minimum absolute atomic E-state index is 0.179. The van der Waals surface area contributed by atoms with Crippen molar-refractivity contribution in [2.24, 2.45) is 0 Å². The van der Waals surface area contributed by atoms with Crippen LogP contribution in [-0.4, -0.2) is 29.6 Å². The summed E-state index contributed by atoms with van der Waals surface area (Å²) >= 11 is 0. The molecule has 0 saturated heterocycles. The minimum atomic E-state index is -4.14. The average molecular weight is 305 g/mol. The standard InChI is InChI=1S/C11H12FNO4S2/c1-3-4-7-13-19(16,17)11-8-9(18(2,14)15)5-6-10(11)12/h5-6,8,13H,7H2,1-2H3. The van der Waals surface area contributed by atoms with Crippen LogP contribution in [0.4, 0.5) is 4.39 Å². The van der Waals surface area contributed by atoms with Crippen molar-refractivity contribution in [2.75, 3.05) is 12.8 Å². The van der Waals surface area contributed by atoms with Gasteiger partial charge in [0.1, 0.15) is 10.7 Å². The normalized spacial score (nSPS) is 11.7. The van der Waals surface area contributed by atoms with Gasteiger partial charge in [0.25, 0.3) is 0 Å². The van der Waals surface area contributed by atoms with Crippen molar-refractivity contribution in [1.29, 1.82) is 0 Å². The molecule has 0 fully saturated rings. The third-order valence-corrected chi connectivity index (χ3v) is 4.67. The molecule has 8 heteroatoms. The van der Waals surface area contributed by atoms with E-state index in [9.17, 15) is 21.2 Å². The van der Waals surface area contributed by atoms with E-state index in [1.54, 1.807) is 0 Å². The van der Waals surface area contributed by atoms with Gasteiger partial charge in [-0.1, -0.05) is 5.92 Å². The largest absolute Gasteiger partial charge is 0.244 e. The van der Waals surface area contributed by atoms with Crippen LogP contribution in [0.5, 0.6) is 0 Å². The van der Waals surface area contributed by atoms with Gasteiger partial charge in [0.05, 0.1) is 11.4 Å². The Balaban J connectivity index is 3.29. The van der Waals surface area contributed by atoms with Crippen LogP contribution in [0, 0.1) is 17.7 Å². The molecule has 1 aromatic rings. The lowest BCUT2D eigenvalue weighted by Gasteiger charge is -2.07. The zero-order valence-electron chi connectivity index (χ0n) is 10.3. The van der Waals surface area contributed by atoms with Crippen molar-refractivity contribution < 1.29 is 21.2 Å². The molecule has 0 heterocycles. The van der Waals surface area contributed by atoms with E-state index in [4.69, 9.17) is 0 Å². The molecule has 0 amide bonds. The third-order valence-electron chi connectivity index (χ3n) is 2.15. The number of hydrogen-bond donors (Lipinski definition) is 1. The predicted molar refractivity (Wildman–Crippen MR) is 68.1 cm³/mol. The van der Waals surface area contributed by atoms with Crippen molar-refractivity contribution in [2.45, 2.75) is 16.7 Å². The predicted octanol–water partition coefficient (Wildman–Crippen LogP) is 0.531. The molecule has 0 bridgehead atoms. The molecule has 19 heavy (non-hydrogen) atoms. The van der Waals surface area contributed by atoms with E-state index >= 15 is 0 Å². The molecule has 104 valence electrons. The average Bonchev–Trinajstić information content (AvgIpc) is 2.27. The van der Waals surface area contributed by atoms with Gasteiger partial charge in [0.15, 0.2) is 9.84 Å². The summed E-state index contributed by atoms with van der Waals surface area (Å²) in [5.74, 6) is 3.91. The first-order valence-electron chi connectivity index (χ1n) is 5.07. The Bertz CT molecular complexity index is 743. The first kappa shape index (κ1) is 15.6. The molecule has 5 nitrogen and oxygen atoms in total. The summed E-state index contributed by atoms with van der Waals surface area (Å²) in [6.45, 7) is 1.35. The highest BCUT2D eigenvalue weighted by Gasteiger charge is 2.21. The Hall–Kier alpha value is -1.43. The lowest BCUT2D eigenvalue weighted by atomic mass is 10.3. The van der Waals surface area contributed by atoms with Crippen LogP contribution >= 0.6 is 0 Å². The van der Waals surface area contributed by atoms with Gasteiger partial charge in [0, 0.05) is 6.26 Å². The molecule has 0 aliphatic heterocycles. The molecular weight excluding hydrogens is 293 g/mol. The molecule has 0 aliphatic rings. The zero-order chi connectivity index (χ0) is 14.7. The Morgan fingerprint density at radius 2 is 1.89 bits per heavy atom. The summed E-state index contributed by atoms with van der Waals surface area (Å²) in [5.41, 5.74) is 0. The Labute approximate surface area is 111 Å². The molecule has 0 unspecified atom stereocenters. The van der Waals surface area contributed by atoms with Crippen LogP contribution in [0.3, 0.4) is 0 Å². The molecule has 1 aromatic carbocycles. The highest BCUT2D eigenvalue weighted by molar-refractivity contribution is 7.91. The first-order chi connectivity index (χ1) is 8.68. The second-order valence-electron chi connectivity index (χ2n) is 3.62. The topological polar surface area (TPSA) is 80.3 Å². The SMILES string of the molecule is CC#CCNS(=O)(=O)c1cc(S(C)(=O)=O)ccc1F. The number of nitrogens with one attached hydrogen (secondary N) is 1. The molecule has 1 rings (SSSR count). The smallest absolute Gasteiger partial charge is 0.224 e. The van der Waals surface area contributed by atoms with Crippen molar-refractivity contribution in [3.63, 3.8) is 0 Å². The minimum Gasteiger partial charge on any atom is -0.224 e. The van der Waals surface area contributed by atoms with Crippen LogP contribution in [0.1, 0.15) is 6.92 Å². The summed E-state index contributed by atoms with van der Waals surface area (Å²) < 4.78 is 61.8. The number of sulfonamides is 1. The number of hydrogen-bond acceptors (Lipinski definition) is 4. The highest BCUT2D eigenvalue weighted by Crippen LogP contribution is 2.19. The molecule has 1 N–H and O–H groups in total. The Morgan fingerprint density at radius 1 is 1.26 bits per heavy atom. The van der Waals surface area contributed by atoms with Gasteiger partial charge in [-0.05, 0) is 25.1 Å². The summed E-state index contributed by atoms with van der Waals surface area (Å²) in [5, 5.41) is 0. The van der Waals surface area contributed by atoms with Gasteiger partial charge in [-0.25, -0.2) is 21.2 Å². The Morgan fingerprint density at radius 3 is 2.42 bits per heavy atom. The molecule has 0 saturated carbocycles. The maximum absolute atomic E-state index is 13.5. The highest BCUT2D eigenvalue weighted by atomic mass is 32.2. The second kappa shape index (κ2) is 5.69. The summed E-state index contributed by atoms with van der Waals surface area (Å²) in [6.07, 6.45) is 0.909. The van der Waals surface area contributed by atoms with Gasteiger partial charge >= 0.3 is 0 Å². The summed E-state index contributed by atoms with van der Waals surface area (Å²) in [4.78, 5) is -0.982. The van der Waals surface area contributed by atoms with E-state index in [2.05, 4.69) is 16.6 Å². The summed E-state index contributed by atoms with van der Waals surface area (Å²) in [7, 11) is -7.75. The monoisotopic (exact) mass is 305 g/mol. The van der Waals surface area contributed by atoms with Gasteiger partial charge in [0.2, 0.25) is 10.0 Å². The first-order valence-corrected chi connectivity index (χ1v) is 8.45. The van der Waals surface area contributed by atoms with Crippen LogP contribution in [0.2, 0.25) is 0 Å². The van der Waals surface area contributed by atoms with E-state index in [0.717, 1.165) is 24.5 Å². The van der Waals surface area contributed by atoms with Crippen LogP contribution in [-0.2, 0) is 19.9 Å². The van der Waals surface area contributed by atoms with Gasteiger partial charge in [-0.3, -0.25) is 0 Å². The van der Waals surface area contributed by atoms with Crippen molar-refractivity contribution in [3.8, 4) is 11.8 Å². The van der Waals surface area contributed by atoms with Crippen LogP contribution in [0.25, 0.3) is 0 Å². The second-order valence-corrected chi connectivity index (χ2v) is 7.37. The number of rotatable bonds is 4. The van der Waals surface area contributed by atoms with Gasteiger partial charge in [-0.2, -0.15) is 4.72 Å². The molecule has 0 aliphatic carbocycles. The number of halogens is 1. The van der Waals surface area contributed by atoms with E-state index < -0.39 is 30.6 Å². The molecular formula is C11H12FNO4S2. The van der Waals surface area contributed by atoms with Gasteiger partial charge in [-0.15, -0.1) is 5.92 Å². The number of sulfone groups is 1. The fraction of sp³-hybridized carbons (Fsp3) is 0.273. The maximum Gasteiger partial charge on any atom is 0.244 e. The lowest BCUT2D eigenvalue weighted by Crippen LogP contribution is -2.25. The number of benzene rings is 1. The quantitative estimate of drug-likeness (QED) is 0.650. The van der Waals surface area contributed by atoms with Crippen molar-refractivity contribution >= 4 is 19.9 Å².